The number of rotatable bonds is 6. The van der Waals surface area contributed by atoms with Gasteiger partial charge in [-0.3, -0.25) is 9.69 Å². The zero-order valence-electron chi connectivity index (χ0n) is 23.4. The predicted octanol–water partition coefficient (Wildman–Crippen LogP) is 5.93. The molecule has 3 rings (SSSR count). The SMILES string of the molecule is COc1cc(C(C)(C)C)c(OCC(=O)N2C[C@H](C)N(Cc3ccc(F)cc3)C[C@H]2C)cc1C(C)(C)C. The van der Waals surface area contributed by atoms with E-state index >= 15 is 0 Å². The number of methoxy groups -OCH3 is 1. The third-order valence-corrected chi connectivity index (χ3v) is 7.00. The first-order valence-corrected chi connectivity index (χ1v) is 12.8. The zero-order chi connectivity index (χ0) is 26.8. The summed E-state index contributed by atoms with van der Waals surface area (Å²) < 4.78 is 25.2. The predicted molar refractivity (Wildman–Crippen MR) is 143 cm³/mol. The molecule has 0 saturated carbocycles. The smallest absolute Gasteiger partial charge is 0.260 e. The van der Waals surface area contributed by atoms with E-state index in [1.165, 1.54) is 12.1 Å². The van der Waals surface area contributed by atoms with Crippen molar-refractivity contribution in [1.82, 2.24) is 9.80 Å². The van der Waals surface area contributed by atoms with Crippen molar-refractivity contribution >= 4 is 5.91 Å². The number of piperazine rings is 1. The Kier molecular flexibility index (Phi) is 8.39. The van der Waals surface area contributed by atoms with Crippen LogP contribution in [0, 0.1) is 5.82 Å². The van der Waals surface area contributed by atoms with Crippen molar-refractivity contribution in [3.8, 4) is 11.5 Å². The summed E-state index contributed by atoms with van der Waals surface area (Å²) in [7, 11) is 1.69. The highest BCUT2D eigenvalue weighted by Gasteiger charge is 2.33. The van der Waals surface area contributed by atoms with Crippen LogP contribution in [0.5, 0.6) is 11.5 Å². The first kappa shape index (κ1) is 28.0. The topological polar surface area (TPSA) is 42.0 Å². The Bertz CT molecular complexity index is 1050. The van der Waals surface area contributed by atoms with Gasteiger partial charge in [-0.2, -0.15) is 0 Å². The maximum absolute atomic E-state index is 13.3. The van der Waals surface area contributed by atoms with E-state index in [1.54, 1.807) is 7.11 Å². The van der Waals surface area contributed by atoms with Gasteiger partial charge in [0.25, 0.3) is 5.91 Å². The molecule has 0 radical (unpaired) electrons. The first-order valence-electron chi connectivity index (χ1n) is 12.8. The molecule has 1 aliphatic heterocycles. The van der Waals surface area contributed by atoms with E-state index < -0.39 is 0 Å². The summed E-state index contributed by atoms with van der Waals surface area (Å²) in [4.78, 5) is 17.6. The van der Waals surface area contributed by atoms with Crippen molar-refractivity contribution in [2.24, 2.45) is 0 Å². The number of carbonyl (C=O) groups is 1. The fourth-order valence-corrected chi connectivity index (χ4v) is 4.83. The summed E-state index contributed by atoms with van der Waals surface area (Å²) in [5.74, 6) is 1.34. The van der Waals surface area contributed by atoms with Crippen molar-refractivity contribution in [3.05, 3.63) is 58.9 Å². The van der Waals surface area contributed by atoms with Crippen LogP contribution in [0.2, 0.25) is 0 Å². The number of amides is 1. The molecule has 36 heavy (non-hydrogen) atoms. The lowest BCUT2D eigenvalue weighted by molar-refractivity contribution is -0.139. The second-order valence-electron chi connectivity index (χ2n) is 12.1. The van der Waals surface area contributed by atoms with Crippen molar-refractivity contribution in [2.75, 3.05) is 26.8 Å². The highest BCUT2D eigenvalue weighted by atomic mass is 19.1. The number of ether oxygens (including phenoxy) is 2. The molecule has 2 atom stereocenters. The van der Waals surface area contributed by atoms with Crippen molar-refractivity contribution < 1.29 is 18.7 Å². The van der Waals surface area contributed by atoms with Gasteiger partial charge in [0.1, 0.15) is 17.3 Å². The molecule has 0 unspecified atom stereocenters. The van der Waals surface area contributed by atoms with Crippen LogP contribution in [0.1, 0.15) is 72.1 Å². The third-order valence-electron chi connectivity index (χ3n) is 7.00. The summed E-state index contributed by atoms with van der Waals surface area (Å²) in [6, 6.07) is 11.0. The van der Waals surface area contributed by atoms with Crippen molar-refractivity contribution in [2.45, 2.75) is 84.8 Å². The Balaban J connectivity index is 1.73. The van der Waals surface area contributed by atoms with E-state index in [0.29, 0.717) is 6.54 Å². The minimum Gasteiger partial charge on any atom is -0.496 e. The molecule has 1 aliphatic rings. The van der Waals surface area contributed by atoms with E-state index in [1.807, 2.05) is 23.1 Å². The van der Waals surface area contributed by atoms with Gasteiger partial charge < -0.3 is 14.4 Å². The van der Waals surface area contributed by atoms with E-state index in [2.05, 4.69) is 66.4 Å². The van der Waals surface area contributed by atoms with Crippen molar-refractivity contribution in [3.63, 3.8) is 0 Å². The molecule has 6 heteroatoms. The molecular formula is C30H43FN2O3. The summed E-state index contributed by atoms with van der Waals surface area (Å²) >= 11 is 0. The summed E-state index contributed by atoms with van der Waals surface area (Å²) in [5, 5.41) is 0. The molecule has 1 heterocycles. The number of carbonyl (C=O) groups excluding carboxylic acids is 1. The standard InChI is InChI=1S/C30H43FN2O3/c1-20-17-33(21(2)16-32(20)18-22-10-12-23(31)13-11-22)28(34)19-36-27-15-24(29(3,4)5)26(35-9)14-25(27)30(6,7)8/h10-15,20-21H,16-19H2,1-9H3/t20-,21+/m0/s1. The molecule has 198 valence electrons. The summed E-state index contributed by atoms with van der Waals surface area (Å²) in [6.07, 6.45) is 0. The number of benzene rings is 2. The molecule has 2 aromatic rings. The lowest BCUT2D eigenvalue weighted by Crippen LogP contribution is -2.58. The fraction of sp³-hybridized carbons (Fsp3) is 0.567. The van der Waals surface area contributed by atoms with Crippen LogP contribution in [-0.2, 0) is 22.2 Å². The van der Waals surface area contributed by atoms with Gasteiger partial charge in [0.15, 0.2) is 6.61 Å². The highest BCUT2D eigenvalue weighted by molar-refractivity contribution is 5.78. The Morgan fingerprint density at radius 2 is 1.47 bits per heavy atom. The van der Waals surface area contributed by atoms with Crippen LogP contribution in [-0.4, -0.2) is 54.6 Å². The molecule has 5 nitrogen and oxygen atoms in total. The Morgan fingerprint density at radius 3 is 2.03 bits per heavy atom. The number of halogens is 1. The van der Waals surface area contributed by atoms with Crippen molar-refractivity contribution in [1.29, 1.82) is 0 Å². The number of hydrogen-bond acceptors (Lipinski definition) is 4. The van der Waals surface area contributed by atoms with Gasteiger partial charge in [-0.1, -0.05) is 53.7 Å². The molecule has 0 bridgehead atoms. The molecule has 0 spiro atoms. The largest absolute Gasteiger partial charge is 0.496 e. The molecule has 2 aromatic carbocycles. The normalized spacial score (nSPS) is 19.3. The number of hydrogen-bond donors (Lipinski definition) is 0. The summed E-state index contributed by atoms with van der Waals surface area (Å²) in [6.45, 7) is 19.2. The van der Waals surface area contributed by atoms with Gasteiger partial charge in [-0.05, 0) is 54.5 Å². The first-order chi connectivity index (χ1) is 16.7. The maximum Gasteiger partial charge on any atom is 0.260 e. The van der Waals surface area contributed by atoms with E-state index in [-0.39, 0.29) is 41.2 Å². The molecule has 1 fully saturated rings. The van der Waals surface area contributed by atoms with E-state index in [4.69, 9.17) is 9.47 Å². The minimum absolute atomic E-state index is 0.00594. The second-order valence-corrected chi connectivity index (χ2v) is 12.1. The van der Waals surface area contributed by atoms with E-state index in [9.17, 15) is 9.18 Å². The average molecular weight is 499 g/mol. The minimum atomic E-state index is -0.225. The molecular weight excluding hydrogens is 455 g/mol. The number of nitrogens with zero attached hydrogens (tertiary/aromatic N) is 2. The van der Waals surface area contributed by atoms with Gasteiger partial charge in [0, 0.05) is 42.8 Å². The van der Waals surface area contributed by atoms with Crippen LogP contribution in [0.4, 0.5) is 4.39 Å². The maximum atomic E-state index is 13.3. The molecule has 0 aromatic heterocycles. The molecule has 0 aliphatic carbocycles. The van der Waals surface area contributed by atoms with Crippen LogP contribution >= 0.6 is 0 Å². The van der Waals surface area contributed by atoms with Crippen LogP contribution in [0.25, 0.3) is 0 Å². The van der Waals surface area contributed by atoms with Crippen LogP contribution in [0.3, 0.4) is 0 Å². The molecule has 1 amide bonds. The van der Waals surface area contributed by atoms with Gasteiger partial charge in [0.05, 0.1) is 7.11 Å². The Labute approximate surface area is 216 Å². The van der Waals surface area contributed by atoms with Gasteiger partial charge >= 0.3 is 0 Å². The fourth-order valence-electron chi connectivity index (χ4n) is 4.83. The average Bonchev–Trinajstić information content (AvgIpc) is 2.79. The molecule has 0 N–H and O–H groups in total. The second kappa shape index (κ2) is 10.8. The van der Waals surface area contributed by atoms with Crippen LogP contribution < -0.4 is 9.47 Å². The highest BCUT2D eigenvalue weighted by Crippen LogP contribution is 2.41. The lowest BCUT2D eigenvalue weighted by Gasteiger charge is -2.44. The third kappa shape index (κ3) is 6.58. The van der Waals surface area contributed by atoms with Crippen LogP contribution in [0.15, 0.2) is 36.4 Å². The quantitative estimate of drug-likeness (QED) is 0.495. The molecule has 1 saturated heterocycles. The summed E-state index contributed by atoms with van der Waals surface area (Å²) in [5.41, 5.74) is 2.84. The van der Waals surface area contributed by atoms with E-state index in [0.717, 1.165) is 41.3 Å². The van der Waals surface area contributed by atoms with Gasteiger partial charge in [0.2, 0.25) is 0 Å². The Hall–Kier alpha value is -2.60. The lowest BCUT2D eigenvalue weighted by atomic mass is 9.81. The Morgan fingerprint density at radius 1 is 0.917 bits per heavy atom. The monoisotopic (exact) mass is 498 g/mol. The zero-order valence-corrected chi connectivity index (χ0v) is 23.4. The van der Waals surface area contributed by atoms with Gasteiger partial charge in [-0.15, -0.1) is 0 Å². The van der Waals surface area contributed by atoms with Gasteiger partial charge in [-0.25, -0.2) is 4.39 Å².